The van der Waals surface area contributed by atoms with Gasteiger partial charge in [0, 0.05) is 31.2 Å². The van der Waals surface area contributed by atoms with E-state index >= 15 is 0 Å². The van der Waals surface area contributed by atoms with Crippen molar-refractivity contribution < 1.29 is 23.1 Å². The van der Waals surface area contributed by atoms with Crippen LogP contribution in [0.2, 0.25) is 0 Å². The number of benzene rings is 1. The van der Waals surface area contributed by atoms with Crippen LogP contribution in [0.15, 0.2) is 18.2 Å². The number of halogens is 2. The van der Waals surface area contributed by atoms with Gasteiger partial charge in [-0.25, -0.2) is 18.5 Å². The first-order valence-corrected chi connectivity index (χ1v) is 6.01. The van der Waals surface area contributed by atoms with Crippen LogP contribution in [0, 0.1) is 23.5 Å². The number of carbonyl (C=O) groups excluding carboxylic acids is 2. The molecule has 2 unspecified atom stereocenters. The highest BCUT2D eigenvalue weighted by molar-refractivity contribution is 5.93. The Morgan fingerprint density at radius 3 is 2.58 bits per heavy atom. The lowest BCUT2D eigenvalue weighted by molar-refractivity contribution is -0.131. The van der Waals surface area contributed by atoms with Crippen LogP contribution >= 0.6 is 0 Å². The molecule has 0 aromatic heterocycles. The molecule has 1 saturated heterocycles. The average Bonchev–Trinajstić information content (AvgIpc) is 3.04. The highest BCUT2D eigenvalue weighted by atomic mass is 19.1. The Balaban J connectivity index is 1.71. The fraction of sp³-hybridized carbons (Fsp3) is 0.385. The van der Waals surface area contributed by atoms with E-state index in [4.69, 9.17) is 4.74 Å². The molecule has 19 heavy (non-hydrogen) atoms. The molecule has 3 rings (SSSR count). The summed E-state index contributed by atoms with van der Waals surface area (Å²) in [6.45, 7) is 0.333. The third-order valence-corrected chi connectivity index (χ3v) is 3.49. The van der Waals surface area contributed by atoms with Gasteiger partial charge in [0.05, 0.1) is 0 Å². The SMILES string of the molecule is O=C1CC2CC2CN1C(=O)Oc1cc(F)cc(F)c1. The number of nitrogens with zero attached hydrogens (tertiary/aromatic N) is 1. The molecule has 1 aromatic carbocycles. The van der Waals surface area contributed by atoms with Crippen molar-refractivity contribution in [3.8, 4) is 5.75 Å². The molecule has 2 amide bonds. The van der Waals surface area contributed by atoms with Crippen molar-refractivity contribution in [1.82, 2.24) is 4.90 Å². The van der Waals surface area contributed by atoms with Crippen LogP contribution in [0.1, 0.15) is 12.8 Å². The first-order chi connectivity index (χ1) is 9.02. The van der Waals surface area contributed by atoms with Crippen molar-refractivity contribution in [3.63, 3.8) is 0 Å². The van der Waals surface area contributed by atoms with Crippen molar-refractivity contribution in [2.75, 3.05) is 6.54 Å². The maximum absolute atomic E-state index is 13.0. The molecule has 0 spiro atoms. The summed E-state index contributed by atoms with van der Waals surface area (Å²) in [6, 6.07) is 2.48. The van der Waals surface area contributed by atoms with Gasteiger partial charge in [0.25, 0.3) is 0 Å². The Labute approximate surface area is 108 Å². The Bertz CT molecular complexity index is 541. The summed E-state index contributed by atoms with van der Waals surface area (Å²) in [6.07, 6.45) is 0.418. The zero-order valence-electron chi connectivity index (χ0n) is 9.94. The molecule has 2 fully saturated rings. The normalized spacial score (nSPS) is 24.9. The second-order valence-corrected chi connectivity index (χ2v) is 4.94. The number of ether oxygens (including phenoxy) is 1. The monoisotopic (exact) mass is 267 g/mol. The van der Waals surface area contributed by atoms with Gasteiger partial charge in [0.2, 0.25) is 5.91 Å². The second-order valence-electron chi connectivity index (χ2n) is 4.94. The van der Waals surface area contributed by atoms with Crippen LogP contribution in [-0.2, 0) is 4.79 Å². The molecule has 1 aliphatic carbocycles. The van der Waals surface area contributed by atoms with Gasteiger partial charge < -0.3 is 4.74 Å². The minimum Gasteiger partial charge on any atom is -0.410 e. The Morgan fingerprint density at radius 1 is 1.21 bits per heavy atom. The standard InChI is InChI=1S/C13H11F2NO3/c14-9-3-10(15)5-11(4-9)19-13(18)16-6-8-1-7(8)2-12(16)17/h3-5,7-8H,1-2,6H2. The van der Waals surface area contributed by atoms with Crippen LogP contribution in [0.4, 0.5) is 13.6 Å². The molecule has 2 atom stereocenters. The molecule has 2 aliphatic rings. The van der Waals surface area contributed by atoms with Crippen molar-refractivity contribution in [2.45, 2.75) is 12.8 Å². The van der Waals surface area contributed by atoms with Crippen LogP contribution in [0.5, 0.6) is 5.75 Å². The van der Waals surface area contributed by atoms with E-state index in [1.165, 1.54) is 0 Å². The lowest BCUT2D eigenvalue weighted by Crippen LogP contribution is -2.43. The minimum atomic E-state index is -0.875. The van der Waals surface area contributed by atoms with E-state index in [2.05, 4.69) is 0 Å². The molecule has 0 N–H and O–H groups in total. The zero-order chi connectivity index (χ0) is 13.6. The minimum absolute atomic E-state index is 0.242. The van der Waals surface area contributed by atoms with Crippen molar-refractivity contribution in [1.29, 1.82) is 0 Å². The number of fused-ring (bicyclic) bond motifs is 1. The fourth-order valence-electron chi connectivity index (χ4n) is 2.37. The topological polar surface area (TPSA) is 46.6 Å². The molecule has 1 saturated carbocycles. The smallest absolute Gasteiger partial charge is 0.410 e. The number of imide groups is 1. The second kappa shape index (κ2) is 4.29. The Kier molecular flexibility index (Phi) is 2.73. The summed E-state index contributed by atoms with van der Waals surface area (Å²) in [5.74, 6) is -1.46. The molecular weight excluding hydrogens is 256 g/mol. The van der Waals surface area contributed by atoms with Gasteiger partial charge in [0.15, 0.2) is 0 Å². The van der Waals surface area contributed by atoms with E-state index in [-0.39, 0.29) is 11.7 Å². The quantitative estimate of drug-likeness (QED) is 0.784. The number of rotatable bonds is 1. The molecule has 1 aromatic rings. The molecule has 1 aliphatic heterocycles. The Morgan fingerprint density at radius 2 is 1.89 bits per heavy atom. The average molecular weight is 267 g/mol. The molecule has 100 valence electrons. The summed E-state index contributed by atoms with van der Waals surface area (Å²) < 4.78 is 30.7. The maximum Gasteiger partial charge on any atom is 0.421 e. The number of hydrogen-bond donors (Lipinski definition) is 0. The van der Waals surface area contributed by atoms with Gasteiger partial charge in [-0.1, -0.05) is 0 Å². The number of piperidine rings is 1. The highest BCUT2D eigenvalue weighted by Crippen LogP contribution is 2.45. The van der Waals surface area contributed by atoms with Gasteiger partial charge in [0.1, 0.15) is 17.4 Å². The molecule has 4 nitrogen and oxygen atoms in total. The lowest BCUT2D eigenvalue weighted by atomic mass is 10.1. The van der Waals surface area contributed by atoms with E-state index in [9.17, 15) is 18.4 Å². The van der Waals surface area contributed by atoms with E-state index in [0.717, 1.165) is 23.5 Å². The van der Waals surface area contributed by atoms with E-state index in [1.54, 1.807) is 0 Å². The predicted molar refractivity (Wildman–Crippen MR) is 60.3 cm³/mol. The maximum atomic E-state index is 13.0. The Hall–Kier alpha value is -1.98. The van der Waals surface area contributed by atoms with Crippen LogP contribution in [0.3, 0.4) is 0 Å². The van der Waals surface area contributed by atoms with Gasteiger partial charge >= 0.3 is 6.09 Å². The van der Waals surface area contributed by atoms with Crippen molar-refractivity contribution in [3.05, 3.63) is 29.8 Å². The number of hydrogen-bond acceptors (Lipinski definition) is 3. The van der Waals surface area contributed by atoms with E-state index < -0.39 is 17.7 Å². The number of carbonyl (C=O) groups is 2. The van der Waals surface area contributed by atoms with Crippen LogP contribution < -0.4 is 4.74 Å². The third-order valence-electron chi connectivity index (χ3n) is 3.49. The summed E-state index contributed by atoms with van der Waals surface area (Å²) in [4.78, 5) is 24.5. The van der Waals surface area contributed by atoms with Crippen molar-refractivity contribution >= 4 is 12.0 Å². The molecule has 0 bridgehead atoms. The van der Waals surface area contributed by atoms with Gasteiger partial charge in [-0.15, -0.1) is 0 Å². The molecule has 1 heterocycles. The summed E-state index contributed by atoms with van der Waals surface area (Å²) in [5.41, 5.74) is 0. The summed E-state index contributed by atoms with van der Waals surface area (Å²) >= 11 is 0. The summed E-state index contributed by atoms with van der Waals surface area (Å²) in [5, 5.41) is 0. The number of likely N-dealkylation sites (tertiary alicyclic amines) is 1. The van der Waals surface area contributed by atoms with Gasteiger partial charge in [-0.3, -0.25) is 4.79 Å². The summed E-state index contributed by atoms with van der Waals surface area (Å²) in [7, 11) is 0. The zero-order valence-corrected chi connectivity index (χ0v) is 9.94. The van der Waals surface area contributed by atoms with Crippen LogP contribution in [0.25, 0.3) is 0 Å². The first kappa shape index (κ1) is 12.1. The molecule has 6 heteroatoms. The van der Waals surface area contributed by atoms with Gasteiger partial charge in [-0.05, 0) is 18.3 Å². The number of amides is 2. The fourth-order valence-corrected chi connectivity index (χ4v) is 2.37. The molecular formula is C13H11F2NO3. The van der Waals surface area contributed by atoms with E-state index in [0.29, 0.717) is 30.9 Å². The third kappa shape index (κ3) is 2.43. The highest BCUT2D eigenvalue weighted by Gasteiger charge is 2.47. The van der Waals surface area contributed by atoms with Gasteiger partial charge in [-0.2, -0.15) is 0 Å². The van der Waals surface area contributed by atoms with Crippen molar-refractivity contribution in [2.24, 2.45) is 11.8 Å². The lowest BCUT2D eigenvalue weighted by Gasteiger charge is -2.23. The first-order valence-electron chi connectivity index (χ1n) is 6.01. The van der Waals surface area contributed by atoms with Crippen LogP contribution in [-0.4, -0.2) is 23.4 Å². The van der Waals surface area contributed by atoms with E-state index in [1.807, 2.05) is 0 Å². The predicted octanol–water partition coefficient (Wildman–Crippen LogP) is 2.33. The largest absolute Gasteiger partial charge is 0.421 e. The molecule has 0 radical (unpaired) electrons.